The highest BCUT2D eigenvalue weighted by Gasteiger charge is 2.37. The number of anilines is 3. The summed E-state index contributed by atoms with van der Waals surface area (Å²) in [6, 6.07) is 25.2. The van der Waals surface area contributed by atoms with Crippen molar-refractivity contribution in [3.05, 3.63) is 101 Å². The zero-order valence-electron chi connectivity index (χ0n) is 16.3. The van der Waals surface area contributed by atoms with Gasteiger partial charge >= 0.3 is 0 Å². The van der Waals surface area contributed by atoms with Crippen molar-refractivity contribution in [1.82, 2.24) is 9.97 Å². The molecule has 0 saturated carbocycles. The van der Waals surface area contributed by atoms with Crippen molar-refractivity contribution in [2.75, 3.05) is 4.90 Å². The summed E-state index contributed by atoms with van der Waals surface area (Å²) in [4.78, 5) is 11.7. The highest BCUT2D eigenvalue weighted by Crippen LogP contribution is 2.51. The number of para-hydroxylation sites is 1. The smallest absolute Gasteiger partial charge is 0.234 e. The molecule has 29 heavy (non-hydrogen) atoms. The van der Waals surface area contributed by atoms with Gasteiger partial charge in [0, 0.05) is 27.8 Å². The Balaban J connectivity index is 1.68. The predicted molar refractivity (Wildman–Crippen MR) is 122 cm³/mol. The first kappa shape index (κ1) is 18.1. The highest BCUT2D eigenvalue weighted by molar-refractivity contribution is 9.10. The SMILES string of the molecule is CC1(C)c2ccccc2N(c2ncc(-c3ccccc3)cn2)c2ccc(Br)cc21. The summed E-state index contributed by atoms with van der Waals surface area (Å²) >= 11 is 3.64. The largest absolute Gasteiger partial charge is 0.279 e. The van der Waals surface area contributed by atoms with E-state index in [-0.39, 0.29) is 5.41 Å². The topological polar surface area (TPSA) is 29.0 Å². The van der Waals surface area contributed by atoms with E-state index in [0.717, 1.165) is 27.0 Å². The monoisotopic (exact) mass is 441 g/mol. The average Bonchev–Trinajstić information content (AvgIpc) is 2.76. The van der Waals surface area contributed by atoms with Crippen molar-refractivity contribution in [1.29, 1.82) is 0 Å². The van der Waals surface area contributed by atoms with E-state index in [0.29, 0.717) is 5.95 Å². The van der Waals surface area contributed by atoms with Gasteiger partial charge in [0.2, 0.25) is 5.95 Å². The van der Waals surface area contributed by atoms with Gasteiger partial charge in [-0.2, -0.15) is 0 Å². The van der Waals surface area contributed by atoms with Gasteiger partial charge in [0.25, 0.3) is 0 Å². The van der Waals surface area contributed by atoms with Crippen LogP contribution in [0.25, 0.3) is 11.1 Å². The number of fused-ring (bicyclic) bond motifs is 2. The van der Waals surface area contributed by atoms with E-state index < -0.39 is 0 Å². The second-order valence-corrected chi connectivity index (χ2v) is 8.69. The van der Waals surface area contributed by atoms with Gasteiger partial charge in [0.15, 0.2) is 0 Å². The molecule has 4 aromatic rings. The quantitative estimate of drug-likeness (QED) is 0.334. The van der Waals surface area contributed by atoms with Gasteiger partial charge in [0.05, 0.1) is 11.4 Å². The van der Waals surface area contributed by atoms with Crippen LogP contribution in [0.5, 0.6) is 0 Å². The lowest BCUT2D eigenvalue weighted by Gasteiger charge is -2.41. The molecule has 0 radical (unpaired) electrons. The van der Waals surface area contributed by atoms with Crippen molar-refractivity contribution in [3.63, 3.8) is 0 Å². The van der Waals surface area contributed by atoms with Crippen molar-refractivity contribution in [3.8, 4) is 11.1 Å². The van der Waals surface area contributed by atoms with Crippen LogP contribution in [0.15, 0.2) is 89.7 Å². The molecule has 0 fully saturated rings. The Bertz CT molecular complexity index is 1180. The van der Waals surface area contributed by atoms with Gasteiger partial charge < -0.3 is 0 Å². The molecule has 142 valence electrons. The Hall–Kier alpha value is -2.98. The molecule has 0 bridgehead atoms. The summed E-state index contributed by atoms with van der Waals surface area (Å²) < 4.78 is 1.07. The number of aromatic nitrogens is 2. The van der Waals surface area contributed by atoms with E-state index in [1.54, 1.807) is 0 Å². The van der Waals surface area contributed by atoms with Gasteiger partial charge in [0.1, 0.15) is 0 Å². The first-order valence-corrected chi connectivity index (χ1v) is 10.4. The summed E-state index contributed by atoms with van der Waals surface area (Å²) in [5.74, 6) is 0.677. The Morgan fingerprint density at radius 2 is 1.38 bits per heavy atom. The minimum atomic E-state index is -0.115. The third-order valence-corrected chi connectivity index (χ3v) is 6.13. The minimum absolute atomic E-state index is 0.115. The Kier molecular flexibility index (Phi) is 4.25. The summed E-state index contributed by atoms with van der Waals surface area (Å²) in [7, 11) is 0. The maximum absolute atomic E-state index is 4.75. The van der Waals surface area contributed by atoms with Crippen LogP contribution < -0.4 is 4.90 Å². The fourth-order valence-corrected chi connectivity index (χ4v) is 4.47. The lowest BCUT2D eigenvalue weighted by molar-refractivity contribution is 0.630. The second-order valence-electron chi connectivity index (χ2n) is 7.78. The fraction of sp³-hybridized carbons (Fsp3) is 0.120. The molecular formula is C25H20BrN3. The van der Waals surface area contributed by atoms with Crippen molar-refractivity contribution in [2.45, 2.75) is 19.3 Å². The third-order valence-electron chi connectivity index (χ3n) is 5.64. The zero-order chi connectivity index (χ0) is 20.0. The minimum Gasteiger partial charge on any atom is -0.279 e. The van der Waals surface area contributed by atoms with Crippen molar-refractivity contribution in [2.24, 2.45) is 0 Å². The van der Waals surface area contributed by atoms with Crippen LogP contribution in [0, 0.1) is 0 Å². The zero-order valence-corrected chi connectivity index (χ0v) is 17.9. The second kappa shape index (κ2) is 6.82. The first-order chi connectivity index (χ1) is 14.1. The van der Waals surface area contributed by atoms with Gasteiger partial charge in [-0.15, -0.1) is 0 Å². The van der Waals surface area contributed by atoms with Crippen molar-refractivity contribution >= 4 is 33.3 Å². The van der Waals surface area contributed by atoms with Crippen LogP contribution in [-0.4, -0.2) is 9.97 Å². The van der Waals surface area contributed by atoms with Gasteiger partial charge in [-0.25, -0.2) is 9.97 Å². The molecule has 0 N–H and O–H groups in total. The molecule has 5 rings (SSSR count). The molecule has 1 aromatic heterocycles. The van der Waals surface area contributed by atoms with Gasteiger partial charge in [-0.05, 0) is 41.0 Å². The molecule has 0 amide bonds. The van der Waals surface area contributed by atoms with E-state index in [2.05, 4.69) is 89.3 Å². The normalized spacial score (nSPS) is 14.2. The van der Waals surface area contributed by atoms with E-state index >= 15 is 0 Å². The first-order valence-electron chi connectivity index (χ1n) is 9.63. The summed E-state index contributed by atoms with van der Waals surface area (Å²) in [6.45, 7) is 4.54. The summed E-state index contributed by atoms with van der Waals surface area (Å²) in [5.41, 5.74) is 6.77. The summed E-state index contributed by atoms with van der Waals surface area (Å²) in [6.07, 6.45) is 3.80. The number of halogens is 1. The van der Waals surface area contributed by atoms with Crippen LogP contribution in [0.1, 0.15) is 25.0 Å². The molecule has 4 heteroatoms. The average molecular weight is 442 g/mol. The summed E-state index contributed by atoms with van der Waals surface area (Å²) in [5, 5.41) is 0. The fourth-order valence-electron chi connectivity index (χ4n) is 4.11. The Morgan fingerprint density at radius 3 is 2.14 bits per heavy atom. The molecule has 0 unspecified atom stereocenters. The highest BCUT2D eigenvalue weighted by atomic mass is 79.9. The molecule has 3 aromatic carbocycles. The molecular weight excluding hydrogens is 422 g/mol. The van der Waals surface area contributed by atoms with Crippen LogP contribution in [0.3, 0.4) is 0 Å². The van der Waals surface area contributed by atoms with Gasteiger partial charge in [-0.3, -0.25) is 4.90 Å². The number of hydrogen-bond donors (Lipinski definition) is 0. The predicted octanol–water partition coefficient (Wildman–Crippen LogP) is 7.02. The lowest BCUT2D eigenvalue weighted by Crippen LogP contribution is -2.31. The van der Waals surface area contributed by atoms with Crippen LogP contribution >= 0.6 is 15.9 Å². The maximum Gasteiger partial charge on any atom is 0.234 e. The van der Waals surface area contributed by atoms with Crippen LogP contribution in [-0.2, 0) is 5.41 Å². The molecule has 0 aliphatic carbocycles. The lowest BCUT2D eigenvalue weighted by atomic mass is 9.74. The van der Waals surface area contributed by atoms with Crippen LogP contribution in [0.4, 0.5) is 17.3 Å². The molecule has 0 saturated heterocycles. The number of hydrogen-bond acceptors (Lipinski definition) is 3. The van der Waals surface area contributed by atoms with E-state index in [4.69, 9.17) is 9.97 Å². The number of nitrogens with zero attached hydrogens (tertiary/aromatic N) is 3. The van der Waals surface area contributed by atoms with Crippen LogP contribution in [0.2, 0.25) is 0 Å². The van der Waals surface area contributed by atoms with E-state index in [1.165, 1.54) is 11.1 Å². The number of benzene rings is 3. The van der Waals surface area contributed by atoms with Crippen molar-refractivity contribution < 1.29 is 0 Å². The maximum atomic E-state index is 4.75. The Labute approximate surface area is 179 Å². The third kappa shape index (κ3) is 2.95. The van der Waals surface area contributed by atoms with E-state index in [9.17, 15) is 0 Å². The van der Waals surface area contributed by atoms with Gasteiger partial charge in [-0.1, -0.05) is 78.3 Å². The molecule has 2 heterocycles. The standard InChI is InChI=1S/C25H20BrN3/c1-25(2)20-10-6-7-11-22(20)29(23-13-12-19(26)14-21(23)25)24-27-15-18(16-28-24)17-8-4-3-5-9-17/h3-16H,1-2H3. The molecule has 1 aliphatic heterocycles. The molecule has 0 atom stereocenters. The molecule has 3 nitrogen and oxygen atoms in total. The number of rotatable bonds is 2. The Morgan fingerprint density at radius 1 is 0.724 bits per heavy atom. The molecule has 1 aliphatic rings. The molecule has 0 spiro atoms. The van der Waals surface area contributed by atoms with E-state index in [1.807, 2.05) is 30.6 Å².